The minimum absolute atomic E-state index is 0.109. The largest absolute Gasteiger partial charge is 0.416 e. The number of benzene rings is 1. The molecule has 6 nitrogen and oxygen atoms in total. The van der Waals surface area contributed by atoms with Crippen molar-refractivity contribution >= 4 is 5.95 Å². The molecule has 0 fully saturated rings. The van der Waals surface area contributed by atoms with E-state index < -0.39 is 11.7 Å². The van der Waals surface area contributed by atoms with Gasteiger partial charge in [-0.25, -0.2) is 9.97 Å². The van der Waals surface area contributed by atoms with Gasteiger partial charge in [0.25, 0.3) is 0 Å². The number of allylic oxidation sites excluding steroid dienone is 2. The summed E-state index contributed by atoms with van der Waals surface area (Å²) in [6.45, 7) is 7.11. The van der Waals surface area contributed by atoms with Crippen LogP contribution >= 0.6 is 0 Å². The lowest BCUT2D eigenvalue weighted by molar-refractivity contribution is -0.137. The topological polar surface area (TPSA) is 86.5 Å². The first-order valence-electron chi connectivity index (χ1n) is 10.1. The summed E-state index contributed by atoms with van der Waals surface area (Å²) >= 11 is 0. The molecule has 0 saturated heterocycles. The fraction of sp³-hybridized carbons (Fsp3) is 0.364. The molecule has 31 heavy (non-hydrogen) atoms. The molecular formula is C22H23F3N6. The Morgan fingerprint density at radius 1 is 1.23 bits per heavy atom. The smallest absolute Gasteiger partial charge is 0.388 e. The monoisotopic (exact) mass is 428 g/mol. The van der Waals surface area contributed by atoms with E-state index in [9.17, 15) is 18.4 Å². The molecule has 1 aromatic carbocycles. The summed E-state index contributed by atoms with van der Waals surface area (Å²) in [5.74, 6) is 0.323. The molecule has 9 heteroatoms. The Morgan fingerprint density at radius 2 is 2.00 bits per heavy atom. The molecule has 1 aliphatic carbocycles. The van der Waals surface area contributed by atoms with Crippen molar-refractivity contribution in [2.45, 2.75) is 45.2 Å². The first-order chi connectivity index (χ1) is 14.8. The fourth-order valence-electron chi connectivity index (χ4n) is 3.41. The third-order valence-electron chi connectivity index (χ3n) is 4.96. The molecule has 0 atom stereocenters. The highest BCUT2D eigenvalue weighted by atomic mass is 19.4. The van der Waals surface area contributed by atoms with E-state index in [1.165, 1.54) is 12.4 Å². The maximum Gasteiger partial charge on any atom is 0.416 e. The first-order valence-corrected chi connectivity index (χ1v) is 10.1. The van der Waals surface area contributed by atoms with E-state index in [2.05, 4.69) is 39.1 Å². The van der Waals surface area contributed by atoms with Crippen molar-refractivity contribution in [1.82, 2.24) is 20.3 Å². The predicted molar refractivity (Wildman–Crippen MR) is 112 cm³/mol. The van der Waals surface area contributed by atoms with Crippen LogP contribution < -0.4 is 10.6 Å². The van der Waals surface area contributed by atoms with E-state index in [-0.39, 0.29) is 22.9 Å². The third kappa shape index (κ3) is 5.40. The van der Waals surface area contributed by atoms with Crippen molar-refractivity contribution in [3.8, 4) is 17.5 Å². The number of rotatable bonds is 7. The number of nitriles is 1. The molecule has 1 aromatic heterocycles. The van der Waals surface area contributed by atoms with Crippen molar-refractivity contribution in [3.63, 3.8) is 0 Å². The highest BCUT2D eigenvalue weighted by molar-refractivity contribution is 5.66. The Labute approximate surface area is 178 Å². The second-order valence-electron chi connectivity index (χ2n) is 7.20. The summed E-state index contributed by atoms with van der Waals surface area (Å²) in [5.41, 5.74) is 2.07. The standard InChI is InChI=1S/C22H23F3N6/c1-3-10-27-19-7-5-4-6-17(19)14(2)30-21-29-13-28-20(31-21)18-9-8-16(22(23,24)25)11-15(18)12-26/h8-9,11,13,27H,2-7,10H2,1H3,(H,28,29,30,31). The summed E-state index contributed by atoms with van der Waals surface area (Å²) in [6.07, 6.45) is 1.74. The molecule has 0 spiro atoms. The number of hydrogen-bond acceptors (Lipinski definition) is 6. The van der Waals surface area contributed by atoms with Gasteiger partial charge in [0.2, 0.25) is 5.95 Å². The molecule has 2 aromatic rings. The van der Waals surface area contributed by atoms with Gasteiger partial charge in [-0.05, 0) is 55.9 Å². The third-order valence-corrected chi connectivity index (χ3v) is 4.96. The molecule has 3 rings (SSSR count). The Balaban J connectivity index is 1.86. The second-order valence-corrected chi connectivity index (χ2v) is 7.20. The zero-order valence-corrected chi connectivity index (χ0v) is 17.2. The van der Waals surface area contributed by atoms with E-state index in [0.29, 0.717) is 5.70 Å². The Hall–Kier alpha value is -3.41. The van der Waals surface area contributed by atoms with E-state index in [1.807, 2.05) is 0 Å². The van der Waals surface area contributed by atoms with Crippen LogP contribution in [-0.4, -0.2) is 21.5 Å². The highest BCUT2D eigenvalue weighted by Crippen LogP contribution is 2.33. The van der Waals surface area contributed by atoms with Gasteiger partial charge in [0.05, 0.1) is 17.2 Å². The molecule has 0 aliphatic heterocycles. The van der Waals surface area contributed by atoms with Crippen molar-refractivity contribution in [3.05, 3.63) is 59.2 Å². The predicted octanol–water partition coefficient (Wildman–Crippen LogP) is 5.18. The maximum absolute atomic E-state index is 13.0. The van der Waals surface area contributed by atoms with Gasteiger partial charge in [-0.1, -0.05) is 13.5 Å². The zero-order valence-electron chi connectivity index (χ0n) is 17.2. The number of aromatic nitrogens is 3. The van der Waals surface area contributed by atoms with E-state index in [0.717, 1.165) is 62.1 Å². The van der Waals surface area contributed by atoms with Crippen LogP contribution in [0.25, 0.3) is 11.4 Å². The van der Waals surface area contributed by atoms with Crippen LogP contribution in [0.2, 0.25) is 0 Å². The molecule has 0 saturated carbocycles. The Kier molecular flexibility index (Phi) is 6.90. The highest BCUT2D eigenvalue weighted by Gasteiger charge is 2.31. The van der Waals surface area contributed by atoms with Crippen LogP contribution in [0.1, 0.15) is 50.2 Å². The van der Waals surface area contributed by atoms with Gasteiger partial charge in [-0.15, -0.1) is 0 Å². The average molecular weight is 428 g/mol. The Bertz CT molecular complexity index is 1040. The lowest BCUT2D eigenvalue weighted by atomic mass is 9.94. The number of nitrogens with zero attached hydrogens (tertiary/aromatic N) is 4. The summed E-state index contributed by atoms with van der Waals surface area (Å²) in [7, 11) is 0. The molecule has 2 N–H and O–H groups in total. The summed E-state index contributed by atoms with van der Waals surface area (Å²) in [6, 6.07) is 4.69. The molecular weight excluding hydrogens is 405 g/mol. The van der Waals surface area contributed by atoms with Crippen LogP contribution in [0, 0.1) is 11.3 Å². The SMILES string of the molecule is C=C(Nc1ncnc(-c2ccc(C(F)(F)F)cc2C#N)n1)C1=C(NCCC)CCCC1. The molecule has 1 aliphatic rings. The number of nitrogens with one attached hydrogen (secondary N) is 2. The van der Waals surface area contributed by atoms with Gasteiger partial charge < -0.3 is 10.6 Å². The van der Waals surface area contributed by atoms with Crippen LogP contribution in [0.4, 0.5) is 19.1 Å². The first kappa shape index (κ1) is 22.3. The van der Waals surface area contributed by atoms with Gasteiger partial charge >= 0.3 is 6.18 Å². The van der Waals surface area contributed by atoms with Crippen LogP contribution in [0.5, 0.6) is 0 Å². The van der Waals surface area contributed by atoms with Gasteiger partial charge in [0.1, 0.15) is 6.33 Å². The minimum atomic E-state index is -4.54. The molecule has 0 unspecified atom stereocenters. The second kappa shape index (κ2) is 9.60. The maximum atomic E-state index is 13.0. The van der Waals surface area contributed by atoms with Crippen LogP contribution in [0.15, 0.2) is 48.1 Å². The van der Waals surface area contributed by atoms with Gasteiger partial charge in [0.15, 0.2) is 5.82 Å². The number of alkyl halides is 3. The fourth-order valence-corrected chi connectivity index (χ4v) is 3.41. The quantitative estimate of drug-likeness (QED) is 0.632. The van der Waals surface area contributed by atoms with Crippen LogP contribution in [-0.2, 0) is 6.18 Å². The van der Waals surface area contributed by atoms with Gasteiger partial charge in [-0.3, -0.25) is 0 Å². The molecule has 0 radical (unpaired) electrons. The summed E-state index contributed by atoms with van der Waals surface area (Å²) < 4.78 is 38.9. The van der Waals surface area contributed by atoms with Crippen molar-refractivity contribution in [2.75, 3.05) is 11.9 Å². The van der Waals surface area contributed by atoms with E-state index in [1.54, 1.807) is 6.07 Å². The average Bonchev–Trinajstić information content (AvgIpc) is 2.77. The lowest BCUT2D eigenvalue weighted by Gasteiger charge is -2.23. The van der Waals surface area contributed by atoms with Gasteiger partial charge in [-0.2, -0.15) is 23.4 Å². The minimum Gasteiger partial charge on any atom is -0.388 e. The van der Waals surface area contributed by atoms with Crippen molar-refractivity contribution < 1.29 is 13.2 Å². The summed E-state index contributed by atoms with van der Waals surface area (Å²) in [5, 5.41) is 15.9. The molecule has 0 bridgehead atoms. The zero-order chi connectivity index (χ0) is 22.4. The molecule has 162 valence electrons. The molecule has 1 heterocycles. The molecule has 0 amide bonds. The number of anilines is 1. The lowest BCUT2D eigenvalue weighted by Crippen LogP contribution is -2.21. The van der Waals surface area contributed by atoms with Gasteiger partial charge in [0, 0.05) is 23.5 Å². The summed E-state index contributed by atoms with van der Waals surface area (Å²) in [4.78, 5) is 12.4. The van der Waals surface area contributed by atoms with Crippen molar-refractivity contribution in [1.29, 1.82) is 5.26 Å². The van der Waals surface area contributed by atoms with Crippen molar-refractivity contribution in [2.24, 2.45) is 0 Å². The Morgan fingerprint density at radius 3 is 2.71 bits per heavy atom. The normalized spacial score (nSPS) is 14.2. The van der Waals surface area contributed by atoms with E-state index >= 15 is 0 Å². The number of hydrogen-bond donors (Lipinski definition) is 2. The van der Waals surface area contributed by atoms with Crippen LogP contribution in [0.3, 0.4) is 0 Å². The number of halogens is 3. The van der Waals surface area contributed by atoms with E-state index in [4.69, 9.17) is 0 Å².